The molecule has 18 heavy (non-hydrogen) atoms. The van der Waals surface area contributed by atoms with Crippen LogP contribution in [0.15, 0.2) is 18.2 Å². The molecule has 2 aliphatic heterocycles. The van der Waals surface area contributed by atoms with Crippen LogP contribution in [0.3, 0.4) is 0 Å². The van der Waals surface area contributed by atoms with Crippen molar-refractivity contribution < 1.29 is 9.84 Å². The maximum Gasteiger partial charge on any atom is 0.143 e. The Morgan fingerprint density at radius 2 is 1.94 bits per heavy atom. The van der Waals surface area contributed by atoms with E-state index in [-0.39, 0.29) is 6.10 Å². The molecule has 3 rings (SSSR count). The highest BCUT2D eigenvalue weighted by Gasteiger charge is 2.40. The molecule has 98 valence electrons. The third-order valence-corrected chi connectivity index (χ3v) is 4.22. The normalized spacial score (nSPS) is 30.6. The van der Waals surface area contributed by atoms with Gasteiger partial charge in [0.25, 0.3) is 0 Å². The average Bonchev–Trinajstić information content (AvgIpc) is 2.63. The van der Waals surface area contributed by atoms with Crippen molar-refractivity contribution in [2.45, 2.75) is 43.9 Å². The first-order valence-electron chi connectivity index (χ1n) is 6.59. The van der Waals surface area contributed by atoms with Gasteiger partial charge in [-0.15, -0.1) is 0 Å². The molecule has 2 saturated heterocycles. The van der Waals surface area contributed by atoms with E-state index in [9.17, 15) is 5.11 Å². The number of aliphatic hydroxyl groups is 1. The van der Waals surface area contributed by atoms with Crippen molar-refractivity contribution >= 4 is 11.4 Å². The lowest BCUT2D eigenvalue weighted by Gasteiger charge is -2.39. The van der Waals surface area contributed by atoms with Gasteiger partial charge >= 0.3 is 0 Å². The van der Waals surface area contributed by atoms with Crippen molar-refractivity contribution in [3.8, 4) is 5.75 Å². The van der Waals surface area contributed by atoms with E-state index in [1.165, 1.54) is 18.5 Å². The van der Waals surface area contributed by atoms with Crippen LogP contribution in [0.4, 0.5) is 11.4 Å². The van der Waals surface area contributed by atoms with Gasteiger partial charge in [-0.3, -0.25) is 0 Å². The number of nitrogen functional groups attached to an aromatic ring is 1. The second-order valence-corrected chi connectivity index (χ2v) is 5.34. The summed E-state index contributed by atoms with van der Waals surface area (Å²) in [6.45, 7) is 0. The van der Waals surface area contributed by atoms with E-state index in [1.807, 2.05) is 12.1 Å². The average molecular weight is 248 g/mol. The third-order valence-electron chi connectivity index (χ3n) is 4.22. The highest BCUT2D eigenvalue weighted by molar-refractivity contribution is 5.63. The predicted molar refractivity (Wildman–Crippen MR) is 71.9 cm³/mol. The van der Waals surface area contributed by atoms with Crippen LogP contribution in [0.5, 0.6) is 5.75 Å². The summed E-state index contributed by atoms with van der Waals surface area (Å²) >= 11 is 0. The van der Waals surface area contributed by atoms with Crippen LogP contribution >= 0.6 is 0 Å². The summed E-state index contributed by atoms with van der Waals surface area (Å²) in [7, 11) is 1.64. The molecule has 2 heterocycles. The number of benzene rings is 1. The third kappa shape index (κ3) is 1.81. The molecule has 2 unspecified atom stereocenters. The Hall–Kier alpha value is -1.42. The Labute approximate surface area is 107 Å². The Balaban J connectivity index is 1.91. The van der Waals surface area contributed by atoms with E-state index in [0.717, 1.165) is 18.6 Å². The Bertz CT molecular complexity index is 435. The number of hydrogen-bond donors (Lipinski definition) is 2. The standard InChI is InChI=1S/C14H20N2O2/c1-18-14-8-11(4-5-13(14)15)16-9-2-3-10(16)7-12(17)6-9/h4-5,8-10,12,17H,2-3,6-7,15H2,1H3. The molecular formula is C14H20N2O2. The lowest BCUT2D eigenvalue weighted by molar-refractivity contribution is 0.126. The fourth-order valence-corrected chi connectivity index (χ4v) is 3.43. The predicted octanol–water partition coefficient (Wildman–Crippen LogP) is 1.77. The van der Waals surface area contributed by atoms with Gasteiger partial charge in [0.2, 0.25) is 0 Å². The largest absolute Gasteiger partial charge is 0.495 e. The Morgan fingerprint density at radius 3 is 2.56 bits per heavy atom. The Morgan fingerprint density at radius 1 is 1.28 bits per heavy atom. The number of fused-ring (bicyclic) bond motifs is 2. The van der Waals surface area contributed by atoms with Crippen LogP contribution in [0, 0.1) is 0 Å². The number of anilines is 2. The molecule has 0 radical (unpaired) electrons. The van der Waals surface area contributed by atoms with Gasteiger partial charge in [0.05, 0.1) is 18.9 Å². The molecule has 1 aromatic carbocycles. The number of ether oxygens (including phenoxy) is 1. The van der Waals surface area contributed by atoms with Crippen LogP contribution in [0.2, 0.25) is 0 Å². The van der Waals surface area contributed by atoms with Gasteiger partial charge in [0, 0.05) is 23.8 Å². The molecule has 0 spiro atoms. The van der Waals surface area contributed by atoms with Crippen LogP contribution in [0.1, 0.15) is 25.7 Å². The monoisotopic (exact) mass is 248 g/mol. The zero-order chi connectivity index (χ0) is 12.7. The Kier molecular flexibility index (Phi) is 2.82. The van der Waals surface area contributed by atoms with Crippen molar-refractivity contribution in [3.63, 3.8) is 0 Å². The topological polar surface area (TPSA) is 58.7 Å². The molecule has 0 amide bonds. The summed E-state index contributed by atoms with van der Waals surface area (Å²) in [5, 5.41) is 9.83. The second kappa shape index (κ2) is 4.35. The molecule has 1 aromatic rings. The van der Waals surface area contributed by atoms with Gasteiger partial charge in [0.15, 0.2) is 0 Å². The number of piperidine rings is 1. The lowest BCUT2D eigenvalue weighted by Crippen LogP contribution is -2.44. The molecule has 4 nitrogen and oxygen atoms in total. The molecule has 2 fully saturated rings. The molecule has 4 heteroatoms. The number of hydrogen-bond acceptors (Lipinski definition) is 4. The SMILES string of the molecule is COc1cc(N2C3CCC2CC(O)C3)ccc1N. The van der Waals surface area contributed by atoms with Crippen molar-refractivity contribution in [2.24, 2.45) is 0 Å². The summed E-state index contributed by atoms with van der Waals surface area (Å²) in [4.78, 5) is 2.44. The number of rotatable bonds is 2. The van der Waals surface area contributed by atoms with Gasteiger partial charge < -0.3 is 20.5 Å². The van der Waals surface area contributed by atoms with Crippen LogP contribution in [0.25, 0.3) is 0 Å². The molecule has 0 aliphatic carbocycles. The molecule has 2 aliphatic rings. The maximum absolute atomic E-state index is 9.83. The van der Waals surface area contributed by atoms with Gasteiger partial charge in [0.1, 0.15) is 5.75 Å². The van der Waals surface area contributed by atoms with Crippen LogP contribution in [-0.2, 0) is 0 Å². The second-order valence-electron chi connectivity index (χ2n) is 5.34. The summed E-state index contributed by atoms with van der Waals surface area (Å²) in [6, 6.07) is 6.90. The molecule has 3 N–H and O–H groups in total. The molecular weight excluding hydrogens is 228 g/mol. The van der Waals surface area contributed by atoms with E-state index in [4.69, 9.17) is 10.5 Å². The minimum atomic E-state index is -0.130. The minimum Gasteiger partial charge on any atom is -0.495 e. The molecule has 0 aromatic heterocycles. The van der Waals surface area contributed by atoms with Gasteiger partial charge in [-0.05, 0) is 37.8 Å². The van der Waals surface area contributed by atoms with Crippen molar-refractivity contribution in [1.29, 1.82) is 0 Å². The quantitative estimate of drug-likeness (QED) is 0.783. The highest BCUT2D eigenvalue weighted by Crippen LogP contribution is 2.41. The van der Waals surface area contributed by atoms with Crippen LogP contribution < -0.4 is 15.4 Å². The van der Waals surface area contributed by atoms with E-state index in [0.29, 0.717) is 17.8 Å². The van der Waals surface area contributed by atoms with Gasteiger partial charge in [-0.25, -0.2) is 0 Å². The van der Waals surface area contributed by atoms with E-state index in [2.05, 4.69) is 11.0 Å². The summed E-state index contributed by atoms with van der Waals surface area (Å²) < 4.78 is 5.29. The first kappa shape index (κ1) is 11.7. The lowest BCUT2D eigenvalue weighted by atomic mass is 9.99. The zero-order valence-corrected chi connectivity index (χ0v) is 10.7. The van der Waals surface area contributed by atoms with Gasteiger partial charge in [-0.2, -0.15) is 0 Å². The zero-order valence-electron chi connectivity index (χ0n) is 10.7. The highest BCUT2D eigenvalue weighted by atomic mass is 16.5. The first-order valence-corrected chi connectivity index (χ1v) is 6.59. The minimum absolute atomic E-state index is 0.130. The van der Waals surface area contributed by atoms with E-state index >= 15 is 0 Å². The van der Waals surface area contributed by atoms with Gasteiger partial charge in [-0.1, -0.05) is 0 Å². The van der Waals surface area contributed by atoms with Crippen LogP contribution in [-0.4, -0.2) is 30.4 Å². The fraction of sp³-hybridized carbons (Fsp3) is 0.571. The summed E-state index contributed by atoms with van der Waals surface area (Å²) in [5.74, 6) is 0.734. The number of nitrogens with zero attached hydrogens (tertiary/aromatic N) is 1. The van der Waals surface area contributed by atoms with E-state index in [1.54, 1.807) is 7.11 Å². The fourth-order valence-electron chi connectivity index (χ4n) is 3.43. The first-order chi connectivity index (χ1) is 8.69. The van der Waals surface area contributed by atoms with Crippen molar-refractivity contribution in [3.05, 3.63) is 18.2 Å². The number of aliphatic hydroxyl groups excluding tert-OH is 1. The number of methoxy groups -OCH3 is 1. The summed E-state index contributed by atoms with van der Waals surface area (Å²) in [5.41, 5.74) is 7.69. The molecule has 2 atom stereocenters. The molecule has 0 saturated carbocycles. The summed E-state index contributed by atoms with van der Waals surface area (Å²) in [6.07, 6.45) is 3.98. The van der Waals surface area contributed by atoms with E-state index < -0.39 is 0 Å². The smallest absolute Gasteiger partial charge is 0.143 e. The van der Waals surface area contributed by atoms with Crippen molar-refractivity contribution in [1.82, 2.24) is 0 Å². The number of nitrogens with two attached hydrogens (primary N) is 1. The maximum atomic E-state index is 9.83. The molecule has 2 bridgehead atoms. The van der Waals surface area contributed by atoms with Crippen molar-refractivity contribution in [2.75, 3.05) is 17.7 Å².